The van der Waals surface area contributed by atoms with E-state index in [0.717, 1.165) is 32.5 Å². The summed E-state index contributed by atoms with van der Waals surface area (Å²) in [5.41, 5.74) is 2.84. The van der Waals surface area contributed by atoms with Gasteiger partial charge in [0.15, 0.2) is 0 Å². The van der Waals surface area contributed by atoms with Gasteiger partial charge in [0, 0.05) is 24.4 Å². The molecular formula is C8H17ClN2O. The van der Waals surface area contributed by atoms with Crippen molar-refractivity contribution in [2.45, 2.75) is 25.3 Å². The third-order valence-corrected chi connectivity index (χ3v) is 2.66. The van der Waals surface area contributed by atoms with Crippen molar-refractivity contribution in [3.63, 3.8) is 0 Å². The van der Waals surface area contributed by atoms with Crippen LogP contribution in [0.5, 0.6) is 0 Å². The van der Waals surface area contributed by atoms with Crippen molar-refractivity contribution in [2.75, 3.05) is 19.1 Å². The Hall–Kier alpha value is 0.170. The number of nitrogens with two attached hydrogens (primary N) is 1. The number of nitrogens with one attached hydrogen (secondary N) is 1. The third kappa shape index (κ3) is 2.90. The summed E-state index contributed by atoms with van der Waals surface area (Å²) in [6, 6.07) is 0.381. The average Bonchev–Trinajstić information content (AvgIpc) is 2.59. The highest BCUT2D eigenvalue weighted by molar-refractivity contribution is 6.17. The molecular weight excluding hydrogens is 176 g/mol. The molecule has 0 amide bonds. The number of hydrazine groups is 1. The van der Waals surface area contributed by atoms with E-state index in [1.165, 1.54) is 0 Å². The lowest BCUT2D eigenvalue weighted by Gasteiger charge is -2.20. The van der Waals surface area contributed by atoms with Gasteiger partial charge in [0.25, 0.3) is 0 Å². The van der Waals surface area contributed by atoms with Crippen molar-refractivity contribution in [1.29, 1.82) is 0 Å². The van der Waals surface area contributed by atoms with Crippen LogP contribution >= 0.6 is 11.6 Å². The first kappa shape index (κ1) is 10.3. The molecule has 1 heterocycles. The second-order valence-corrected chi connectivity index (χ2v) is 3.61. The van der Waals surface area contributed by atoms with E-state index in [4.69, 9.17) is 22.2 Å². The van der Waals surface area contributed by atoms with E-state index in [1.807, 2.05) is 0 Å². The van der Waals surface area contributed by atoms with Gasteiger partial charge < -0.3 is 4.74 Å². The second kappa shape index (κ2) is 5.75. The monoisotopic (exact) mass is 192 g/mol. The second-order valence-electron chi connectivity index (χ2n) is 3.23. The molecule has 12 heavy (non-hydrogen) atoms. The summed E-state index contributed by atoms with van der Waals surface area (Å²) in [6.45, 7) is 1.72. The molecule has 1 saturated heterocycles. The Kier molecular flexibility index (Phi) is 4.92. The van der Waals surface area contributed by atoms with E-state index in [0.29, 0.717) is 17.8 Å². The molecule has 2 unspecified atom stereocenters. The molecule has 0 aromatic rings. The van der Waals surface area contributed by atoms with Crippen LogP contribution in [0.25, 0.3) is 0 Å². The number of ether oxygens (including phenoxy) is 1. The molecule has 0 saturated carbocycles. The van der Waals surface area contributed by atoms with Crippen LogP contribution in [0.3, 0.4) is 0 Å². The van der Waals surface area contributed by atoms with E-state index in [9.17, 15) is 0 Å². The minimum absolute atomic E-state index is 0.381. The number of hydrogen-bond acceptors (Lipinski definition) is 3. The maximum Gasteiger partial charge on any atom is 0.0510 e. The van der Waals surface area contributed by atoms with Crippen LogP contribution in [0.1, 0.15) is 19.3 Å². The SMILES string of the molecule is NNC(CCCCl)C1CCOC1. The summed E-state index contributed by atoms with van der Waals surface area (Å²) in [7, 11) is 0. The van der Waals surface area contributed by atoms with Crippen molar-refractivity contribution >= 4 is 11.6 Å². The quantitative estimate of drug-likeness (QED) is 0.386. The van der Waals surface area contributed by atoms with E-state index < -0.39 is 0 Å². The van der Waals surface area contributed by atoms with Crippen LogP contribution in [0.15, 0.2) is 0 Å². The van der Waals surface area contributed by atoms with Crippen molar-refractivity contribution < 1.29 is 4.74 Å². The average molecular weight is 193 g/mol. The largest absolute Gasteiger partial charge is 0.381 e. The molecule has 3 nitrogen and oxygen atoms in total. The van der Waals surface area contributed by atoms with E-state index in [-0.39, 0.29) is 0 Å². The van der Waals surface area contributed by atoms with Gasteiger partial charge in [-0.2, -0.15) is 0 Å². The van der Waals surface area contributed by atoms with Gasteiger partial charge in [-0.3, -0.25) is 11.3 Å². The summed E-state index contributed by atoms with van der Waals surface area (Å²) in [5, 5.41) is 0. The molecule has 0 spiro atoms. The first-order valence-electron chi connectivity index (χ1n) is 4.48. The smallest absolute Gasteiger partial charge is 0.0510 e. The van der Waals surface area contributed by atoms with Crippen molar-refractivity contribution in [1.82, 2.24) is 5.43 Å². The lowest BCUT2D eigenvalue weighted by atomic mass is 9.96. The maximum absolute atomic E-state index is 5.61. The summed E-state index contributed by atoms with van der Waals surface area (Å²) < 4.78 is 5.29. The Morgan fingerprint density at radius 3 is 3.00 bits per heavy atom. The van der Waals surface area contributed by atoms with Gasteiger partial charge in [-0.1, -0.05) is 0 Å². The van der Waals surface area contributed by atoms with Crippen molar-refractivity contribution in [3.8, 4) is 0 Å². The van der Waals surface area contributed by atoms with Crippen LogP contribution in [-0.4, -0.2) is 25.1 Å². The highest BCUT2D eigenvalue weighted by Crippen LogP contribution is 2.19. The molecule has 2 atom stereocenters. The van der Waals surface area contributed by atoms with Crippen LogP contribution in [0.4, 0.5) is 0 Å². The molecule has 0 radical (unpaired) electrons. The van der Waals surface area contributed by atoms with E-state index in [2.05, 4.69) is 5.43 Å². The minimum Gasteiger partial charge on any atom is -0.381 e. The number of hydrogen-bond donors (Lipinski definition) is 2. The topological polar surface area (TPSA) is 47.3 Å². The molecule has 0 aliphatic carbocycles. The first-order valence-corrected chi connectivity index (χ1v) is 5.01. The summed E-state index contributed by atoms with van der Waals surface area (Å²) in [4.78, 5) is 0. The lowest BCUT2D eigenvalue weighted by molar-refractivity contribution is 0.175. The fourth-order valence-electron chi connectivity index (χ4n) is 1.62. The normalized spacial score (nSPS) is 26.0. The Balaban J connectivity index is 2.22. The standard InChI is InChI=1S/C8H17ClN2O/c9-4-1-2-8(11-10)7-3-5-12-6-7/h7-8,11H,1-6,10H2. The van der Waals surface area contributed by atoms with Gasteiger partial charge >= 0.3 is 0 Å². The van der Waals surface area contributed by atoms with Gasteiger partial charge in [-0.25, -0.2) is 0 Å². The van der Waals surface area contributed by atoms with E-state index in [1.54, 1.807) is 0 Å². The van der Waals surface area contributed by atoms with Crippen LogP contribution < -0.4 is 11.3 Å². The minimum atomic E-state index is 0.381. The van der Waals surface area contributed by atoms with Gasteiger partial charge in [-0.05, 0) is 19.3 Å². The van der Waals surface area contributed by atoms with Crippen LogP contribution in [-0.2, 0) is 4.74 Å². The zero-order valence-electron chi connectivity index (χ0n) is 7.26. The Morgan fingerprint density at radius 2 is 2.50 bits per heavy atom. The van der Waals surface area contributed by atoms with Gasteiger partial charge in [0.2, 0.25) is 0 Å². The fraction of sp³-hybridized carbons (Fsp3) is 1.00. The molecule has 1 fully saturated rings. The summed E-state index contributed by atoms with van der Waals surface area (Å²) >= 11 is 5.61. The van der Waals surface area contributed by atoms with E-state index >= 15 is 0 Å². The van der Waals surface area contributed by atoms with Crippen LogP contribution in [0.2, 0.25) is 0 Å². The van der Waals surface area contributed by atoms with Gasteiger partial charge in [0.05, 0.1) is 6.61 Å². The number of alkyl halides is 1. The molecule has 0 aromatic carbocycles. The van der Waals surface area contributed by atoms with Gasteiger partial charge in [0.1, 0.15) is 0 Å². The predicted octanol–water partition coefficient (Wildman–Crippen LogP) is 0.874. The first-order chi connectivity index (χ1) is 5.88. The molecule has 1 aliphatic heterocycles. The zero-order chi connectivity index (χ0) is 8.81. The molecule has 0 bridgehead atoms. The molecule has 3 N–H and O–H groups in total. The predicted molar refractivity (Wildman–Crippen MR) is 50.0 cm³/mol. The van der Waals surface area contributed by atoms with Crippen molar-refractivity contribution in [2.24, 2.45) is 11.8 Å². The number of rotatable bonds is 5. The zero-order valence-corrected chi connectivity index (χ0v) is 8.02. The highest BCUT2D eigenvalue weighted by atomic mass is 35.5. The summed E-state index contributed by atoms with van der Waals surface area (Å²) in [6.07, 6.45) is 3.19. The molecule has 1 aliphatic rings. The molecule has 1 rings (SSSR count). The van der Waals surface area contributed by atoms with Crippen LogP contribution in [0, 0.1) is 5.92 Å². The highest BCUT2D eigenvalue weighted by Gasteiger charge is 2.23. The molecule has 4 heteroatoms. The van der Waals surface area contributed by atoms with Gasteiger partial charge in [-0.15, -0.1) is 11.6 Å². The number of halogens is 1. The fourth-order valence-corrected chi connectivity index (χ4v) is 1.78. The molecule has 0 aromatic heterocycles. The Labute approximate surface area is 78.6 Å². The molecule has 72 valence electrons. The Bertz CT molecular complexity index is 118. The third-order valence-electron chi connectivity index (χ3n) is 2.40. The maximum atomic E-state index is 5.61. The summed E-state index contributed by atoms with van der Waals surface area (Å²) in [5.74, 6) is 6.74. The lowest BCUT2D eigenvalue weighted by Crippen LogP contribution is -2.41. The Morgan fingerprint density at radius 1 is 1.67 bits per heavy atom. The van der Waals surface area contributed by atoms with Crippen molar-refractivity contribution in [3.05, 3.63) is 0 Å².